The van der Waals surface area contributed by atoms with Crippen LogP contribution in [0, 0.1) is 5.92 Å². The molecule has 2 N–H and O–H groups in total. The van der Waals surface area contributed by atoms with Gasteiger partial charge >= 0.3 is 6.03 Å². The smallest absolute Gasteiger partial charge is 0.328 e. The van der Waals surface area contributed by atoms with Crippen molar-refractivity contribution in [1.29, 1.82) is 0 Å². The Morgan fingerprint density at radius 3 is 2.31 bits per heavy atom. The van der Waals surface area contributed by atoms with Crippen molar-refractivity contribution >= 4 is 29.2 Å². The lowest BCUT2D eigenvalue weighted by atomic mass is 10.0. The van der Waals surface area contributed by atoms with Gasteiger partial charge in [0, 0.05) is 18.3 Å². The lowest BCUT2D eigenvalue weighted by molar-refractivity contribution is -0.130. The summed E-state index contributed by atoms with van der Waals surface area (Å²) in [5, 5.41) is 5.26. The summed E-state index contributed by atoms with van der Waals surface area (Å²) in [6, 6.07) is 10.7. The van der Waals surface area contributed by atoms with Gasteiger partial charge in [0.25, 0.3) is 0 Å². The Kier molecular flexibility index (Phi) is 5.87. The van der Waals surface area contributed by atoms with Crippen LogP contribution in [0.1, 0.15) is 0 Å². The maximum Gasteiger partial charge on any atom is 0.328 e. The topological polar surface area (TPSA) is 106 Å². The summed E-state index contributed by atoms with van der Waals surface area (Å²) in [5.74, 6) is -0.783. The Labute approximate surface area is 167 Å². The van der Waals surface area contributed by atoms with Crippen molar-refractivity contribution < 1.29 is 28.6 Å². The third-order valence-corrected chi connectivity index (χ3v) is 4.48. The lowest BCUT2D eigenvalue weighted by Gasteiger charge is -2.31. The highest BCUT2D eigenvalue weighted by Crippen LogP contribution is 2.32. The molecule has 152 valence electrons. The van der Waals surface area contributed by atoms with Crippen molar-refractivity contribution in [2.45, 2.75) is 0 Å². The zero-order chi connectivity index (χ0) is 21.0. The number of benzene rings is 2. The largest absolute Gasteiger partial charge is 0.497 e. The van der Waals surface area contributed by atoms with Gasteiger partial charge in [0.15, 0.2) is 11.5 Å². The fourth-order valence-corrected chi connectivity index (χ4v) is 2.93. The number of imide groups is 1. The molecule has 4 amide bonds. The van der Waals surface area contributed by atoms with Crippen LogP contribution in [0.3, 0.4) is 0 Å². The summed E-state index contributed by atoms with van der Waals surface area (Å²) in [4.78, 5) is 38.8. The first kappa shape index (κ1) is 20.0. The predicted octanol–water partition coefficient (Wildman–Crippen LogP) is 2.02. The van der Waals surface area contributed by atoms with Crippen LogP contribution in [0.5, 0.6) is 17.2 Å². The average Bonchev–Trinajstić information content (AvgIpc) is 2.74. The number of amides is 4. The van der Waals surface area contributed by atoms with Gasteiger partial charge in [-0.1, -0.05) is 0 Å². The molecule has 29 heavy (non-hydrogen) atoms. The molecule has 0 saturated carbocycles. The lowest BCUT2D eigenvalue weighted by Crippen LogP contribution is -2.58. The maximum atomic E-state index is 12.9. The number of methoxy groups -OCH3 is 3. The van der Waals surface area contributed by atoms with Crippen LogP contribution in [0.15, 0.2) is 42.5 Å². The number of hydrogen-bond donors (Lipinski definition) is 2. The molecule has 2 aromatic rings. The van der Waals surface area contributed by atoms with Crippen molar-refractivity contribution in [2.75, 3.05) is 38.1 Å². The van der Waals surface area contributed by atoms with E-state index < -0.39 is 23.8 Å². The molecule has 1 heterocycles. The van der Waals surface area contributed by atoms with Crippen LogP contribution in [0.25, 0.3) is 0 Å². The van der Waals surface area contributed by atoms with E-state index in [0.717, 1.165) is 4.90 Å². The van der Waals surface area contributed by atoms with E-state index in [1.807, 2.05) is 0 Å². The van der Waals surface area contributed by atoms with E-state index in [4.69, 9.17) is 14.2 Å². The summed E-state index contributed by atoms with van der Waals surface area (Å²) >= 11 is 0. The molecule has 1 aliphatic rings. The molecule has 1 fully saturated rings. The number of carbonyl (C=O) groups is 3. The van der Waals surface area contributed by atoms with Crippen LogP contribution in [-0.4, -0.2) is 45.7 Å². The van der Waals surface area contributed by atoms with E-state index in [1.54, 1.807) is 43.5 Å². The summed E-state index contributed by atoms with van der Waals surface area (Å²) in [6.07, 6.45) is 0. The molecule has 0 spiro atoms. The van der Waals surface area contributed by atoms with Crippen molar-refractivity contribution in [3.8, 4) is 17.2 Å². The minimum Gasteiger partial charge on any atom is -0.497 e. The van der Waals surface area contributed by atoms with Crippen LogP contribution in [-0.2, 0) is 9.59 Å². The summed E-state index contributed by atoms with van der Waals surface area (Å²) < 4.78 is 15.5. The monoisotopic (exact) mass is 399 g/mol. The Morgan fingerprint density at radius 2 is 1.69 bits per heavy atom. The van der Waals surface area contributed by atoms with E-state index in [2.05, 4.69) is 10.6 Å². The Hall–Kier alpha value is -3.75. The molecule has 1 atom stereocenters. The fourth-order valence-electron chi connectivity index (χ4n) is 2.93. The molecule has 2 aromatic carbocycles. The number of nitrogens with one attached hydrogen (secondary N) is 2. The third-order valence-electron chi connectivity index (χ3n) is 4.48. The van der Waals surface area contributed by atoms with Gasteiger partial charge in [0.05, 0.1) is 27.0 Å². The molecule has 0 aliphatic carbocycles. The average molecular weight is 399 g/mol. The number of urea groups is 1. The first-order chi connectivity index (χ1) is 14.0. The molecule has 9 nitrogen and oxygen atoms in total. The predicted molar refractivity (Wildman–Crippen MR) is 106 cm³/mol. The second-order valence-corrected chi connectivity index (χ2v) is 6.17. The van der Waals surface area contributed by atoms with Gasteiger partial charge in [-0.25, -0.2) is 9.69 Å². The Balaban J connectivity index is 1.81. The number of nitrogens with zero attached hydrogens (tertiary/aromatic N) is 1. The Bertz CT molecular complexity index is 928. The minimum absolute atomic E-state index is 0.0938. The number of hydrogen-bond acceptors (Lipinski definition) is 6. The van der Waals surface area contributed by atoms with E-state index >= 15 is 0 Å². The second kappa shape index (κ2) is 8.51. The van der Waals surface area contributed by atoms with Gasteiger partial charge in [-0.3, -0.25) is 9.59 Å². The van der Waals surface area contributed by atoms with E-state index in [-0.39, 0.29) is 12.2 Å². The SMILES string of the molecule is COc1ccc(NC(=O)C2CNC(=O)N(c3ccc(OC)c(OC)c3)C2=O)cc1. The number of anilines is 2. The first-order valence-corrected chi connectivity index (χ1v) is 8.77. The maximum absolute atomic E-state index is 12.9. The minimum atomic E-state index is -1.08. The van der Waals surface area contributed by atoms with Crippen molar-refractivity contribution in [2.24, 2.45) is 5.92 Å². The normalized spacial score (nSPS) is 16.1. The quantitative estimate of drug-likeness (QED) is 0.720. The van der Waals surface area contributed by atoms with Gasteiger partial charge in [-0.15, -0.1) is 0 Å². The molecular weight excluding hydrogens is 378 g/mol. The molecule has 1 saturated heterocycles. The van der Waals surface area contributed by atoms with Gasteiger partial charge in [0.2, 0.25) is 11.8 Å². The molecule has 3 rings (SSSR count). The van der Waals surface area contributed by atoms with Crippen molar-refractivity contribution in [3.05, 3.63) is 42.5 Å². The number of carbonyl (C=O) groups excluding carboxylic acids is 3. The van der Waals surface area contributed by atoms with Gasteiger partial charge in [-0.05, 0) is 36.4 Å². The molecule has 9 heteroatoms. The zero-order valence-electron chi connectivity index (χ0n) is 16.2. The highest BCUT2D eigenvalue weighted by atomic mass is 16.5. The molecule has 0 radical (unpaired) electrons. The van der Waals surface area contributed by atoms with Crippen molar-refractivity contribution in [3.63, 3.8) is 0 Å². The van der Waals surface area contributed by atoms with Crippen LogP contribution in [0.2, 0.25) is 0 Å². The highest BCUT2D eigenvalue weighted by molar-refractivity contribution is 6.23. The molecular formula is C20H21N3O6. The van der Waals surface area contributed by atoms with Crippen molar-refractivity contribution in [1.82, 2.24) is 5.32 Å². The molecule has 1 aliphatic heterocycles. The summed E-state index contributed by atoms with van der Waals surface area (Å²) in [5.41, 5.74) is 0.783. The molecule has 1 unspecified atom stereocenters. The Morgan fingerprint density at radius 1 is 1.00 bits per heavy atom. The van der Waals surface area contributed by atoms with Gasteiger partial charge in [0.1, 0.15) is 11.7 Å². The van der Waals surface area contributed by atoms with Gasteiger partial charge < -0.3 is 24.8 Å². The summed E-state index contributed by atoms with van der Waals surface area (Å²) in [6.45, 7) is -0.0938. The van der Waals surface area contributed by atoms with Crippen LogP contribution < -0.4 is 29.7 Å². The number of ether oxygens (including phenoxy) is 3. The molecule has 0 bridgehead atoms. The first-order valence-electron chi connectivity index (χ1n) is 8.77. The van der Waals surface area contributed by atoms with E-state index in [9.17, 15) is 14.4 Å². The standard InChI is InChI=1S/C20H21N3O6/c1-27-14-7-4-12(5-8-14)22-18(24)15-11-21-20(26)23(19(15)25)13-6-9-16(28-2)17(10-13)29-3/h4-10,15H,11H2,1-3H3,(H,21,26)(H,22,24). The summed E-state index contributed by atoms with van der Waals surface area (Å²) in [7, 11) is 4.47. The fraction of sp³-hybridized carbons (Fsp3) is 0.250. The second-order valence-electron chi connectivity index (χ2n) is 6.17. The zero-order valence-corrected chi connectivity index (χ0v) is 16.2. The van der Waals surface area contributed by atoms with E-state index in [1.165, 1.54) is 20.3 Å². The number of rotatable bonds is 6. The van der Waals surface area contributed by atoms with Gasteiger partial charge in [-0.2, -0.15) is 0 Å². The van der Waals surface area contributed by atoms with E-state index in [0.29, 0.717) is 22.9 Å². The highest BCUT2D eigenvalue weighted by Gasteiger charge is 2.39. The third kappa shape index (κ3) is 4.08. The van der Waals surface area contributed by atoms with Crippen LogP contribution in [0.4, 0.5) is 16.2 Å². The molecule has 0 aromatic heterocycles. The van der Waals surface area contributed by atoms with Crippen LogP contribution >= 0.6 is 0 Å².